The third-order valence-corrected chi connectivity index (χ3v) is 3.45. The van der Waals surface area contributed by atoms with Crippen LogP contribution in [0, 0.1) is 5.95 Å². The van der Waals surface area contributed by atoms with Crippen molar-refractivity contribution in [1.29, 1.82) is 0 Å². The molecule has 4 aromatic rings. The maximum atomic E-state index is 14.3. The first kappa shape index (κ1) is 12.6. The molecule has 4 rings (SSSR count). The van der Waals surface area contributed by atoms with Crippen molar-refractivity contribution in [2.75, 3.05) is 0 Å². The first-order valence-corrected chi connectivity index (χ1v) is 6.84. The summed E-state index contributed by atoms with van der Waals surface area (Å²) in [5, 5.41) is 4.36. The van der Waals surface area contributed by atoms with Crippen LogP contribution >= 0.6 is 0 Å². The number of hydrogen-bond acceptors (Lipinski definition) is 3. The van der Waals surface area contributed by atoms with Crippen molar-refractivity contribution >= 4 is 5.65 Å². The number of benzene rings is 1. The molecular formula is C17H11FN4. The average Bonchev–Trinajstić information content (AvgIpc) is 2.99. The topological polar surface area (TPSA) is 43.1 Å². The molecule has 0 aliphatic heterocycles. The Labute approximate surface area is 125 Å². The molecule has 0 radical (unpaired) electrons. The number of fused-ring (bicyclic) bond motifs is 1. The lowest BCUT2D eigenvalue weighted by atomic mass is 10.0. The first-order valence-electron chi connectivity index (χ1n) is 6.84. The van der Waals surface area contributed by atoms with Gasteiger partial charge in [0.15, 0.2) is 11.5 Å². The molecule has 0 aliphatic carbocycles. The normalized spacial score (nSPS) is 11.0. The van der Waals surface area contributed by atoms with Crippen LogP contribution in [0.25, 0.3) is 28.2 Å². The maximum absolute atomic E-state index is 14.3. The van der Waals surface area contributed by atoms with Crippen molar-refractivity contribution in [3.63, 3.8) is 0 Å². The van der Waals surface area contributed by atoms with Gasteiger partial charge in [0.1, 0.15) is 0 Å². The van der Waals surface area contributed by atoms with Crippen LogP contribution in [0.4, 0.5) is 4.39 Å². The van der Waals surface area contributed by atoms with Gasteiger partial charge in [-0.3, -0.25) is 0 Å². The van der Waals surface area contributed by atoms with Crippen molar-refractivity contribution in [3.8, 4) is 22.5 Å². The minimum atomic E-state index is -0.572. The van der Waals surface area contributed by atoms with Crippen LogP contribution in [0.5, 0.6) is 0 Å². The zero-order valence-electron chi connectivity index (χ0n) is 11.5. The van der Waals surface area contributed by atoms with Gasteiger partial charge in [0.2, 0.25) is 5.95 Å². The van der Waals surface area contributed by atoms with Crippen LogP contribution in [0.2, 0.25) is 0 Å². The average molecular weight is 290 g/mol. The SMILES string of the molecule is Fc1nccc(-c2ccccc2)c1-c1nc2ccccn2n1. The van der Waals surface area contributed by atoms with Crippen LogP contribution in [0.3, 0.4) is 0 Å². The van der Waals surface area contributed by atoms with Crippen molar-refractivity contribution in [2.45, 2.75) is 0 Å². The van der Waals surface area contributed by atoms with Crippen molar-refractivity contribution in [2.24, 2.45) is 0 Å². The van der Waals surface area contributed by atoms with E-state index < -0.39 is 5.95 Å². The predicted molar refractivity (Wildman–Crippen MR) is 81.6 cm³/mol. The van der Waals surface area contributed by atoms with Crippen LogP contribution in [-0.2, 0) is 0 Å². The summed E-state index contributed by atoms with van der Waals surface area (Å²) < 4.78 is 16.0. The number of halogens is 1. The van der Waals surface area contributed by atoms with E-state index in [2.05, 4.69) is 15.1 Å². The van der Waals surface area contributed by atoms with Gasteiger partial charge < -0.3 is 0 Å². The smallest absolute Gasteiger partial charge is 0.224 e. The van der Waals surface area contributed by atoms with Gasteiger partial charge in [-0.1, -0.05) is 36.4 Å². The monoisotopic (exact) mass is 290 g/mol. The third kappa shape index (κ3) is 2.03. The quantitative estimate of drug-likeness (QED) is 0.530. The van der Waals surface area contributed by atoms with Gasteiger partial charge in [-0.2, -0.15) is 4.39 Å². The molecule has 0 saturated carbocycles. The molecular weight excluding hydrogens is 279 g/mol. The molecule has 0 N–H and O–H groups in total. The lowest BCUT2D eigenvalue weighted by molar-refractivity contribution is 0.587. The molecule has 22 heavy (non-hydrogen) atoms. The summed E-state index contributed by atoms with van der Waals surface area (Å²) in [7, 11) is 0. The molecule has 5 heteroatoms. The Morgan fingerprint density at radius 1 is 0.909 bits per heavy atom. The Balaban J connectivity index is 1.98. The number of nitrogens with zero attached hydrogens (tertiary/aromatic N) is 4. The Hall–Kier alpha value is -3.08. The lowest BCUT2D eigenvalue weighted by Gasteiger charge is -2.07. The van der Waals surface area contributed by atoms with E-state index in [9.17, 15) is 4.39 Å². The van der Waals surface area contributed by atoms with E-state index in [0.29, 0.717) is 17.0 Å². The van der Waals surface area contributed by atoms with Crippen LogP contribution in [0.15, 0.2) is 67.0 Å². The lowest BCUT2D eigenvalue weighted by Crippen LogP contribution is -1.95. The Kier molecular flexibility index (Phi) is 2.89. The number of pyridine rings is 2. The zero-order chi connectivity index (χ0) is 14.9. The highest BCUT2D eigenvalue weighted by molar-refractivity contribution is 5.80. The molecule has 0 unspecified atom stereocenters. The molecule has 3 aromatic heterocycles. The standard InChI is InChI=1S/C17H11FN4/c18-16-15(17-20-14-8-4-5-11-22(14)21-17)13(9-10-19-16)12-6-2-1-3-7-12/h1-11H. The highest BCUT2D eigenvalue weighted by atomic mass is 19.1. The summed E-state index contributed by atoms with van der Waals surface area (Å²) >= 11 is 0. The van der Waals surface area contributed by atoms with Crippen molar-refractivity contribution in [1.82, 2.24) is 19.6 Å². The molecule has 0 bridgehead atoms. The van der Waals surface area contributed by atoms with E-state index in [4.69, 9.17) is 0 Å². The van der Waals surface area contributed by atoms with Gasteiger partial charge in [0.25, 0.3) is 0 Å². The number of rotatable bonds is 2. The van der Waals surface area contributed by atoms with E-state index in [-0.39, 0.29) is 0 Å². The highest BCUT2D eigenvalue weighted by Gasteiger charge is 2.17. The fraction of sp³-hybridized carbons (Fsp3) is 0. The molecule has 0 amide bonds. The van der Waals surface area contributed by atoms with Crippen molar-refractivity contribution in [3.05, 3.63) is 72.9 Å². The summed E-state index contributed by atoms with van der Waals surface area (Å²) in [6, 6.07) is 16.9. The van der Waals surface area contributed by atoms with Gasteiger partial charge in [-0.25, -0.2) is 14.5 Å². The van der Waals surface area contributed by atoms with Gasteiger partial charge in [-0.05, 0) is 29.3 Å². The second kappa shape index (κ2) is 5.04. The van der Waals surface area contributed by atoms with E-state index in [1.807, 2.05) is 48.5 Å². The van der Waals surface area contributed by atoms with E-state index in [1.165, 1.54) is 6.20 Å². The summed E-state index contributed by atoms with van der Waals surface area (Å²) in [5.74, 6) is -0.243. The van der Waals surface area contributed by atoms with Gasteiger partial charge in [0.05, 0.1) is 5.56 Å². The van der Waals surface area contributed by atoms with E-state index in [0.717, 1.165) is 11.1 Å². The second-order valence-corrected chi connectivity index (χ2v) is 4.83. The summed E-state index contributed by atoms with van der Waals surface area (Å²) in [6.45, 7) is 0. The molecule has 3 heterocycles. The molecule has 1 aromatic carbocycles. The van der Waals surface area contributed by atoms with E-state index >= 15 is 0 Å². The molecule has 0 atom stereocenters. The van der Waals surface area contributed by atoms with Crippen LogP contribution < -0.4 is 0 Å². The van der Waals surface area contributed by atoms with Gasteiger partial charge >= 0.3 is 0 Å². The first-order chi connectivity index (χ1) is 10.8. The maximum Gasteiger partial charge on any atom is 0.224 e. The number of aromatic nitrogens is 4. The Morgan fingerprint density at radius 2 is 1.73 bits per heavy atom. The second-order valence-electron chi connectivity index (χ2n) is 4.83. The van der Waals surface area contributed by atoms with E-state index in [1.54, 1.807) is 16.8 Å². The summed E-state index contributed by atoms with van der Waals surface area (Å²) in [4.78, 5) is 8.16. The molecule has 0 aliphatic rings. The van der Waals surface area contributed by atoms with Gasteiger partial charge in [-0.15, -0.1) is 5.10 Å². The molecule has 4 nitrogen and oxygen atoms in total. The molecule has 106 valence electrons. The largest absolute Gasteiger partial charge is 0.228 e. The van der Waals surface area contributed by atoms with Crippen LogP contribution in [-0.4, -0.2) is 19.6 Å². The predicted octanol–water partition coefficient (Wildman–Crippen LogP) is 3.60. The summed E-state index contributed by atoms with van der Waals surface area (Å²) in [6.07, 6.45) is 3.24. The Bertz CT molecular complexity index is 914. The minimum absolute atomic E-state index is 0.317. The van der Waals surface area contributed by atoms with Crippen LogP contribution in [0.1, 0.15) is 0 Å². The fourth-order valence-electron chi connectivity index (χ4n) is 2.44. The zero-order valence-corrected chi connectivity index (χ0v) is 11.5. The fourth-order valence-corrected chi connectivity index (χ4v) is 2.44. The third-order valence-electron chi connectivity index (χ3n) is 3.45. The molecule has 0 saturated heterocycles. The van der Waals surface area contributed by atoms with Gasteiger partial charge in [0, 0.05) is 12.4 Å². The minimum Gasteiger partial charge on any atom is -0.228 e. The highest BCUT2D eigenvalue weighted by Crippen LogP contribution is 2.31. The van der Waals surface area contributed by atoms with Crippen molar-refractivity contribution < 1.29 is 4.39 Å². The Morgan fingerprint density at radius 3 is 2.55 bits per heavy atom. The summed E-state index contributed by atoms with van der Waals surface area (Å²) in [5.41, 5.74) is 2.61. The molecule has 0 spiro atoms. The molecule has 0 fully saturated rings. The number of hydrogen-bond donors (Lipinski definition) is 0.